The Bertz CT molecular complexity index is 684. The van der Waals surface area contributed by atoms with Crippen molar-refractivity contribution in [3.63, 3.8) is 0 Å². The Balaban J connectivity index is 1.64. The monoisotopic (exact) mass is 337 g/mol. The molecule has 0 atom stereocenters. The van der Waals surface area contributed by atoms with Crippen LogP contribution in [0.3, 0.4) is 0 Å². The van der Waals surface area contributed by atoms with Crippen molar-refractivity contribution in [2.75, 3.05) is 36.4 Å². The van der Waals surface area contributed by atoms with Crippen LogP contribution in [-0.4, -0.2) is 37.1 Å². The molecule has 0 saturated carbocycles. The van der Waals surface area contributed by atoms with Crippen LogP contribution < -0.4 is 10.2 Å². The number of carbonyl (C=O) groups is 1. The van der Waals surface area contributed by atoms with Crippen LogP contribution in [0.1, 0.15) is 25.0 Å². The van der Waals surface area contributed by atoms with Crippen molar-refractivity contribution in [3.8, 4) is 0 Å². The molecule has 0 spiro atoms. The molecule has 1 heterocycles. The van der Waals surface area contributed by atoms with Crippen LogP contribution in [0.5, 0.6) is 0 Å². The Labute approximate surface area is 150 Å². The molecule has 3 rings (SSSR count). The highest BCUT2D eigenvalue weighted by Crippen LogP contribution is 2.23. The Morgan fingerprint density at radius 2 is 1.48 bits per heavy atom. The summed E-state index contributed by atoms with van der Waals surface area (Å²) in [5.41, 5.74) is 4.64. The van der Waals surface area contributed by atoms with Crippen molar-refractivity contribution in [2.45, 2.75) is 26.7 Å². The number of hydrogen-bond donors (Lipinski definition) is 1. The van der Waals surface area contributed by atoms with Crippen LogP contribution in [0.4, 0.5) is 16.2 Å². The van der Waals surface area contributed by atoms with Crippen LogP contribution in [0.2, 0.25) is 0 Å². The zero-order valence-electron chi connectivity index (χ0n) is 15.2. The first-order valence-electron chi connectivity index (χ1n) is 9.19. The molecule has 0 aromatic heterocycles. The minimum Gasteiger partial charge on any atom is -0.368 e. The lowest BCUT2D eigenvalue weighted by Gasteiger charge is -2.36. The lowest BCUT2D eigenvalue weighted by Crippen LogP contribution is -2.50. The average molecular weight is 337 g/mol. The first-order chi connectivity index (χ1) is 12.2. The van der Waals surface area contributed by atoms with Gasteiger partial charge >= 0.3 is 6.03 Å². The van der Waals surface area contributed by atoms with Crippen molar-refractivity contribution < 1.29 is 4.79 Å². The lowest BCUT2D eigenvalue weighted by atomic mass is 10.0. The average Bonchev–Trinajstić information content (AvgIpc) is 2.69. The number of benzene rings is 2. The van der Waals surface area contributed by atoms with Crippen molar-refractivity contribution in [1.29, 1.82) is 0 Å². The van der Waals surface area contributed by atoms with E-state index in [4.69, 9.17) is 0 Å². The molecular weight excluding hydrogens is 310 g/mol. The van der Waals surface area contributed by atoms with Gasteiger partial charge in [0.05, 0.1) is 0 Å². The highest BCUT2D eigenvalue weighted by atomic mass is 16.2. The molecule has 2 aromatic rings. The number of aryl methyl sites for hydroxylation is 2. The van der Waals surface area contributed by atoms with Crippen LogP contribution in [0.15, 0.2) is 48.5 Å². The minimum atomic E-state index is 0.0170. The molecule has 1 aliphatic heterocycles. The first-order valence-corrected chi connectivity index (χ1v) is 9.19. The molecule has 1 N–H and O–H groups in total. The fourth-order valence-corrected chi connectivity index (χ4v) is 3.40. The van der Waals surface area contributed by atoms with E-state index in [1.54, 1.807) is 0 Å². The fourth-order valence-electron chi connectivity index (χ4n) is 3.40. The lowest BCUT2D eigenvalue weighted by molar-refractivity contribution is 0.208. The van der Waals surface area contributed by atoms with E-state index in [0.717, 1.165) is 44.7 Å². The topological polar surface area (TPSA) is 35.6 Å². The van der Waals surface area contributed by atoms with Gasteiger partial charge < -0.3 is 15.1 Å². The second-order valence-corrected chi connectivity index (χ2v) is 6.40. The van der Waals surface area contributed by atoms with Crippen LogP contribution in [-0.2, 0) is 12.8 Å². The number of hydrogen-bond acceptors (Lipinski definition) is 2. The number of piperazine rings is 1. The minimum absolute atomic E-state index is 0.0170. The molecule has 2 amide bonds. The Morgan fingerprint density at radius 1 is 0.880 bits per heavy atom. The summed E-state index contributed by atoms with van der Waals surface area (Å²) in [5, 5.41) is 3.17. The number of urea groups is 1. The molecule has 25 heavy (non-hydrogen) atoms. The Hall–Kier alpha value is -2.49. The van der Waals surface area contributed by atoms with E-state index >= 15 is 0 Å². The van der Waals surface area contributed by atoms with Gasteiger partial charge in [-0.25, -0.2) is 4.79 Å². The number of anilines is 2. The second kappa shape index (κ2) is 8.06. The highest BCUT2D eigenvalue weighted by Gasteiger charge is 2.22. The van der Waals surface area contributed by atoms with Crippen LogP contribution >= 0.6 is 0 Å². The molecule has 2 aromatic carbocycles. The molecule has 1 aliphatic rings. The normalized spacial score (nSPS) is 14.5. The smallest absolute Gasteiger partial charge is 0.321 e. The molecule has 132 valence electrons. The zero-order valence-corrected chi connectivity index (χ0v) is 15.2. The summed E-state index contributed by atoms with van der Waals surface area (Å²) < 4.78 is 0. The summed E-state index contributed by atoms with van der Waals surface area (Å²) >= 11 is 0. The molecule has 0 bridgehead atoms. The molecular formula is C21H27N3O. The van der Waals surface area contributed by atoms with E-state index in [1.165, 1.54) is 16.8 Å². The maximum atomic E-state index is 12.7. The van der Waals surface area contributed by atoms with Gasteiger partial charge in [-0.1, -0.05) is 50.2 Å². The second-order valence-electron chi connectivity index (χ2n) is 6.40. The Morgan fingerprint density at radius 3 is 2.04 bits per heavy atom. The Kier molecular flexibility index (Phi) is 5.59. The summed E-state index contributed by atoms with van der Waals surface area (Å²) in [4.78, 5) is 17.0. The quantitative estimate of drug-likeness (QED) is 0.909. The van der Waals surface area contributed by atoms with Gasteiger partial charge in [0.2, 0.25) is 0 Å². The van der Waals surface area contributed by atoms with Gasteiger partial charge in [-0.15, -0.1) is 0 Å². The maximum Gasteiger partial charge on any atom is 0.321 e. The van der Waals surface area contributed by atoms with Gasteiger partial charge in [0.25, 0.3) is 0 Å². The fraction of sp³-hybridized carbons (Fsp3) is 0.381. The van der Waals surface area contributed by atoms with Gasteiger partial charge in [-0.3, -0.25) is 0 Å². The molecule has 4 nitrogen and oxygen atoms in total. The van der Waals surface area contributed by atoms with E-state index in [2.05, 4.69) is 66.5 Å². The van der Waals surface area contributed by atoms with Crippen molar-refractivity contribution in [1.82, 2.24) is 4.90 Å². The van der Waals surface area contributed by atoms with E-state index < -0.39 is 0 Å². The van der Waals surface area contributed by atoms with Gasteiger partial charge in [-0.2, -0.15) is 0 Å². The molecule has 4 heteroatoms. The molecule has 0 unspecified atom stereocenters. The largest absolute Gasteiger partial charge is 0.368 e. The first kappa shape index (κ1) is 17.3. The van der Waals surface area contributed by atoms with Crippen LogP contribution in [0.25, 0.3) is 0 Å². The third-order valence-corrected chi connectivity index (χ3v) is 4.92. The van der Waals surface area contributed by atoms with Crippen molar-refractivity contribution in [2.24, 2.45) is 0 Å². The van der Waals surface area contributed by atoms with E-state index in [0.29, 0.717) is 0 Å². The summed E-state index contributed by atoms with van der Waals surface area (Å²) in [6.45, 7) is 7.49. The summed E-state index contributed by atoms with van der Waals surface area (Å²) in [7, 11) is 0. The van der Waals surface area contributed by atoms with Crippen molar-refractivity contribution >= 4 is 17.4 Å². The zero-order chi connectivity index (χ0) is 17.6. The maximum absolute atomic E-state index is 12.7. The van der Waals surface area contributed by atoms with Gasteiger partial charge in [0, 0.05) is 37.6 Å². The summed E-state index contributed by atoms with van der Waals surface area (Å²) in [5.74, 6) is 0. The van der Waals surface area contributed by atoms with E-state index in [1.807, 2.05) is 11.0 Å². The number of rotatable bonds is 4. The number of para-hydroxylation sites is 2. The van der Waals surface area contributed by atoms with Gasteiger partial charge in [-0.05, 0) is 36.1 Å². The molecule has 0 aliphatic carbocycles. The third kappa shape index (κ3) is 3.95. The highest BCUT2D eigenvalue weighted by molar-refractivity contribution is 5.91. The standard InChI is InChI=1S/C21H27N3O/c1-3-17-9-8-10-18(4-2)20(17)22-21(25)24-15-13-23(14-16-24)19-11-6-5-7-12-19/h5-12H,3-4,13-16H2,1-2H3,(H,22,25). The number of amides is 2. The third-order valence-electron chi connectivity index (χ3n) is 4.92. The van der Waals surface area contributed by atoms with Gasteiger partial charge in [0.15, 0.2) is 0 Å². The van der Waals surface area contributed by atoms with E-state index in [-0.39, 0.29) is 6.03 Å². The number of nitrogens with one attached hydrogen (secondary N) is 1. The van der Waals surface area contributed by atoms with Gasteiger partial charge in [0.1, 0.15) is 0 Å². The SMILES string of the molecule is CCc1cccc(CC)c1NC(=O)N1CCN(c2ccccc2)CC1. The predicted octanol–water partition coefficient (Wildman–Crippen LogP) is 4.17. The molecule has 0 radical (unpaired) electrons. The summed E-state index contributed by atoms with van der Waals surface area (Å²) in [6, 6.07) is 16.7. The summed E-state index contributed by atoms with van der Waals surface area (Å²) in [6.07, 6.45) is 1.84. The molecule has 1 fully saturated rings. The predicted molar refractivity (Wildman–Crippen MR) is 104 cm³/mol. The number of carbonyl (C=O) groups excluding carboxylic acids is 1. The van der Waals surface area contributed by atoms with E-state index in [9.17, 15) is 4.79 Å². The van der Waals surface area contributed by atoms with Crippen molar-refractivity contribution in [3.05, 3.63) is 59.7 Å². The number of nitrogens with zero attached hydrogens (tertiary/aromatic N) is 2. The van der Waals surface area contributed by atoms with Crippen LogP contribution in [0, 0.1) is 0 Å². The molecule has 1 saturated heterocycles.